The van der Waals surface area contributed by atoms with E-state index in [0.29, 0.717) is 0 Å². The van der Waals surface area contributed by atoms with Gasteiger partial charge in [0.25, 0.3) is 0 Å². The molecule has 3 aromatic carbocycles. The average Bonchev–Trinajstić information content (AvgIpc) is 3.47. The van der Waals surface area contributed by atoms with E-state index in [-0.39, 0.29) is 12.7 Å². The summed E-state index contributed by atoms with van der Waals surface area (Å²) < 4.78 is 11.5. The first-order valence-electron chi connectivity index (χ1n) is 9.41. The third-order valence-corrected chi connectivity index (χ3v) is 5.60. The molecule has 1 aliphatic heterocycles. The van der Waals surface area contributed by atoms with Gasteiger partial charge in [-0.3, -0.25) is 0 Å². The Labute approximate surface area is 161 Å². The van der Waals surface area contributed by atoms with Crippen LogP contribution < -0.4 is 9.47 Å². The van der Waals surface area contributed by atoms with Gasteiger partial charge in [-0.25, -0.2) is 0 Å². The highest BCUT2D eigenvalue weighted by Crippen LogP contribution is 2.46. The van der Waals surface area contributed by atoms with Crippen molar-refractivity contribution in [1.29, 1.82) is 0 Å². The van der Waals surface area contributed by atoms with Crippen LogP contribution >= 0.6 is 0 Å². The number of hydrogen-bond acceptors (Lipinski definition) is 2. The number of aromatic nitrogens is 2. The van der Waals surface area contributed by atoms with E-state index in [9.17, 15) is 0 Å². The summed E-state index contributed by atoms with van der Waals surface area (Å²) in [6, 6.07) is 23.0. The molecule has 0 radical (unpaired) electrons. The molecule has 3 heterocycles. The predicted octanol–water partition coefficient (Wildman–Crippen LogP) is 5.56. The smallest absolute Gasteiger partial charge is 0.231 e. The lowest BCUT2D eigenvalue weighted by atomic mass is 9.84. The Balaban J connectivity index is 1.67. The van der Waals surface area contributed by atoms with Crippen molar-refractivity contribution in [3.05, 3.63) is 95.8 Å². The van der Waals surface area contributed by atoms with E-state index in [1.165, 1.54) is 21.9 Å². The van der Waals surface area contributed by atoms with Crippen molar-refractivity contribution >= 4 is 21.8 Å². The van der Waals surface area contributed by atoms with Crippen molar-refractivity contribution < 1.29 is 9.47 Å². The third-order valence-electron chi connectivity index (χ3n) is 5.60. The van der Waals surface area contributed by atoms with E-state index >= 15 is 0 Å². The van der Waals surface area contributed by atoms with Gasteiger partial charge in [-0.15, -0.1) is 0 Å². The van der Waals surface area contributed by atoms with E-state index in [1.807, 2.05) is 12.1 Å². The molecule has 136 valence electrons. The number of rotatable bonds is 3. The van der Waals surface area contributed by atoms with Crippen LogP contribution in [0.25, 0.3) is 21.8 Å². The maximum Gasteiger partial charge on any atom is 0.231 e. The highest BCUT2D eigenvalue weighted by molar-refractivity contribution is 5.89. The summed E-state index contributed by atoms with van der Waals surface area (Å²) in [6.45, 7) is 0.265. The number of H-pyrrole nitrogens is 2. The second-order valence-corrected chi connectivity index (χ2v) is 7.09. The summed E-state index contributed by atoms with van der Waals surface area (Å²) in [7, 11) is 0. The minimum atomic E-state index is 0.0175. The Morgan fingerprint density at radius 3 is 1.96 bits per heavy atom. The molecule has 1 aliphatic rings. The number of para-hydroxylation sites is 3. The van der Waals surface area contributed by atoms with Gasteiger partial charge in [0.2, 0.25) is 6.79 Å². The molecule has 0 atom stereocenters. The van der Waals surface area contributed by atoms with Gasteiger partial charge < -0.3 is 19.4 Å². The van der Waals surface area contributed by atoms with Gasteiger partial charge in [0.15, 0.2) is 11.5 Å². The van der Waals surface area contributed by atoms with Gasteiger partial charge in [0.05, 0.1) is 0 Å². The molecule has 0 saturated heterocycles. The number of nitrogens with one attached hydrogen (secondary N) is 2. The zero-order chi connectivity index (χ0) is 18.5. The Hall–Kier alpha value is -3.66. The summed E-state index contributed by atoms with van der Waals surface area (Å²) in [6.07, 6.45) is 4.23. The molecule has 0 bridgehead atoms. The maximum atomic E-state index is 5.89. The largest absolute Gasteiger partial charge is 0.454 e. The molecular weight excluding hydrogens is 348 g/mol. The lowest BCUT2D eigenvalue weighted by Gasteiger charge is -2.19. The minimum absolute atomic E-state index is 0.0175. The van der Waals surface area contributed by atoms with Crippen LogP contribution in [0.3, 0.4) is 0 Å². The van der Waals surface area contributed by atoms with E-state index in [2.05, 4.69) is 77.0 Å². The number of aromatic amines is 2. The summed E-state index contributed by atoms with van der Waals surface area (Å²) in [5.41, 5.74) is 5.83. The van der Waals surface area contributed by atoms with E-state index < -0.39 is 0 Å². The topological polar surface area (TPSA) is 50.0 Å². The fraction of sp³-hybridized carbons (Fsp3) is 0.0833. The van der Waals surface area contributed by atoms with Crippen LogP contribution in [0.2, 0.25) is 0 Å². The predicted molar refractivity (Wildman–Crippen MR) is 110 cm³/mol. The van der Waals surface area contributed by atoms with Crippen LogP contribution in [0, 0.1) is 0 Å². The van der Waals surface area contributed by atoms with Crippen LogP contribution in [0.1, 0.15) is 22.6 Å². The highest BCUT2D eigenvalue weighted by Gasteiger charge is 2.29. The summed E-state index contributed by atoms with van der Waals surface area (Å²) >= 11 is 0. The summed E-state index contributed by atoms with van der Waals surface area (Å²) in [4.78, 5) is 6.87. The highest BCUT2D eigenvalue weighted by atomic mass is 16.7. The minimum Gasteiger partial charge on any atom is -0.454 e. The molecule has 2 N–H and O–H groups in total. The van der Waals surface area contributed by atoms with Crippen LogP contribution in [-0.2, 0) is 0 Å². The molecule has 6 rings (SSSR count). The van der Waals surface area contributed by atoms with Crippen LogP contribution in [0.15, 0.2) is 79.1 Å². The quantitative estimate of drug-likeness (QED) is 0.439. The molecule has 5 aromatic rings. The second kappa shape index (κ2) is 5.92. The number of fused-ring (bicyclic) bond motifs is 3. The van der Waals surface area contributed by atoms with Gasteiger partial charge >= 0.3 is 0 Å². The normalized spacial score (nSPS) is 13.0. The molecule has 0 spiro atoms. The van der Waals surface area contributed by atoms with Crippen LogP contribution in [0.4, 0.5) is 0 Å². The zero-order valence-electron chi connectivity index (χ0n) is 15.1. The Morgan fingerprint density at radius 2 is 1.29 bits per heavy atom. The summed E-state index contributed by atoms with van der Waals surface area (Å²) in [5.74, 6) is 1.66. The molecular formula is C24H18N2O2. The standard InChI is InChI=1S/C24H18N2O2/c1-3-9-20-15(6-1)18(12-25-20)23(17-8-5-11-22-24(17)28-14-27-22)19-13-26-21-10-4-2-7-16(19)21/h1-13,23,25-26H,14H2. The van der Waals surface area contributed by atoms with Gasteiger partial charge in [-0.1, -0.05) is 48.5 Å². The van der Waals surface area contributed by atoms with Crippen molar-refractivity contribution in [2.24, 2.45) is 0 Å². The van der Waals surface area contributed by atoms with Crippen molar-refractivity contribution in [2.45, 2.75) is 5.92 Å². The van der Waals surface area contributed by atoms with E-state index in [4.69, 9.17) is 9.47 Å². The molecule has 4 heteroatoms. The Morgan fingerprint density at radius 1 is 0.643 bits per heavy atom. The van der Waals surface area contributed by atoms with E-state index in [0.717, 1.165) is 28.1 Å². The summed E-state index contributed by atoms with van der Waals surface area (Å²) in [5, 5.41) is 2.43. The number of benzene rings is 3. The van der Waals surface area contributed by atoms with Crippen LogP contribution in [-0.4, -0.2) is 16.8 Å². The van der Waals surface area contributed by atoms with Crippen molar-refractivity contribution in [1.82, 2.24) is 9.97 Å². The van der Waals surface area contributed by atoms with Gasteiger partial charge in [0.1, 0.15) is 0 Å². The Bertz CT molecular complexity index is 1240. The third kappa shape index (κ3) is 2.18. The average molecular weight is 366 g/mol. The lowest BCUT2D eigenvalue weighted by molar-refractivity contribution is 0.173. The number of hydrogen-bond donors (Lipinski definition) is 2. The SMILES string of the molecule is c1cc2c(c(C(c3c[nH]c4ccccc34)c3c[nH]c4ccccc34)c1)OCO2. The molecule has 0 unspecified atom stereocenters. The van der Waals surface area contributed by atoms with Crippen LogP contribution in [0.5, 0.6) is 11.5 Å². The molecule has 0 saturated carbocycles. The van der Waals surface area contributed by atoms with Crippen molar-refractivity contribution in [3.63, 3.8) is 0 Å². The molecule has 28 heavy (non-hydrogen) atoms. The zero-order valence-corrected chi connectivity index (χ0v) is 15.1. The first-order chi connectivity index (χ1) is 13.9. The lowest BCUT2D eigenvalue weighted by Crippen LogP contribution is -2.04. The maximum absolute atomic E-state index is 5.89. The van der Waals surface area contributed by atoms with Crippen molar-refractivity contribution in [2.75, 3.05) is 6.79 Å². The van der Waals surface area contributed by atoms with Gasteiger partial charge in [-0.05, 0) is 29.3 Å². The molecule has 0 aliphatic carbocycles. The van der Waals surface area contributed by atoms with Gasteiger partial charge in [-0.2, -0.15) is 0 Å². The molecule has 0 amide bonds. The fourth-order valence-electron chi connectivity index (χ4n) is 4.35. The fourth-order valence-corrected chi connectivity index (χ4v) is 4.35. The van der Waals surface area contributed by atoms with Crippen molar-refractivity contribution in [3.8, 4) is 11.5 Å². The molecule has 2 aromatic heterocycles. The monoisotopic (exact) mass is 366 g/mol. The molecule has 0 fully saturated rings. The Kier molecular flexibility index (Phi) is 3.26. The first-order valence-corrected chi connectivity index (χ1v) is 9.41. The first kappa shape index (κ1) is 15.4. The van der Waals surface area contributed by atoms with E-state index in [1.54, 1.807) is 0 Å². The molecule has 4 nitrogen and oxygen atoms in total. The number of ether oxygens (including phenoxy) is 2. The van der Waals surface area contributed by atoms with Gasteiger partial charge in [0, 0.05) is 45.7 Å². The second-order valence-electron chi connectivity index (χ2n) is 7.09.